The number of epoxide rings is 1. The van der Waals surface area contributed by atoms with Gasteiger partial charge in [0.1, 0.15) is 30.0 Å². The van der Waals surface area contributed by atoms with Gasteiger partial charge in [0.25, 0.3) is 0 Å². The Morgan fingerprint density at radius 2 is 1.57 bits per heavy atom. The lowest BCUT2D eigenvalue weighted by molar-refractivity contribution is -0.157. The summed E-state index contributed by atoms with van der Waals surface area (Å²) in [5, 5.41) is 26.0. The average molecular weight is 837 g/mol. The number of nitrogens with one attached hydrogen (secondary N) is 2. The van der Waals surface area contributed by atoms with Gasteiger partial charge in [-0.1, -0.05) is 91.0 Å². The highest BCUT2D eigenvalue weighted by molar-refractivity contribution is 5.98. The van der Waals surface area contributed by atoms with Crippen LogP contribution < -0.4 is 10.6 Å². The molecule has 4 N–H and O–H groups in total. The Kier molecular flexibility index (Phi) is 13.6. The number of hydrogen-bond donors (Lipinski definition) is 4. The fraction of sp³-hybridized carbons (Fsp3) is 0.458. The number of esters is 2. The number of allylic oxidation sites excluding steroid dienone is 1. The van der Waals surface area contributed by atoms with Gasteiger partial charge in [0.2, 0.25) is 17.6 Å². The van der Waals surface area contributed by atoms with Crippen LogP contribution in [0.15, 0.2) is 103 Å². The SMILES string of the molecule is C[C@H](O)[C@@H](NC(=O)C1=C[C@H]2OC(c3ccccc3)(c3ccccc3)O[C@H]2[C@H](OC(=O)c2ccccc2C=CC2CCC3OC3C2)C1)C(=O)N[C@H](CO)CCC(=O)OC(C)(C)C. The summed E-state index contributed by atoms with van der Waals surface area (Å²) >= 11 is 0. The molecule has 0 radical (unpaired) electrons. The van der Waals surface area contributed by atoms with Crippen molar-refractivity contribution in [3.63, 3.8) is 0 Å². The molecule has 3 aromatic rings. The van der Waals surface area contributed by atoms with Crippen LogP contribution in [0.1, 0.15) is 93.3 Å². The molecule has 1 saturated carbocycles. The number of aliphatic hydroxyl groups excluding tert-OH is 2. The van der Waals surface area contributed by atoms with E-state index < -0.39 is 78.2 Å². The van der Waals surface area contributed by atoms with Crippen LogP contribution in [0.4, 0.5) is 0 Å². The van der Waals surface area contributed by atoms with E-state index in [0.29, 0.717) is 40.4 Å². The van der Waals surface area contributed by atoms with E-state index in [1.54, 1.807) is 39.0 Å². The molecule has 13 nitrogen and oxygen atoms in total. The predicted molar refractivity (Wildman–Crippen MR) is 224 cm³/mol. The van der Waals surface area contributed by atoms with Crippen LogP contribution >= 0.6 is 0 Å². The third-order valence-electron chi connectivity index (χ3n) is 11.4. The van der Waals surface area contributed by atoms with Crippen molar-refractivity contribution < 1.29 is 53.1 Å². The Bertz CT molecular complexity index is 2060. The van der Waals surface area contributed by atoms with Crippen LogP contribution in [0.5, 0.6) is 0 Å². The lowest BCUT2D eigenvalue weighted by atomic mass is 9.88. The van der Waals surface area contributed by atoms with E-state index in [-0.39, 0.29) is 24.8 Å². The van der Waals surface area contributed by atoms with Gasteiger partial charge in [0.05, 0.1) is 36.5 Å². The minimum atomic E-state index is -1.45. The maximum atomic E-state index is 14.2. The summed E-state index contributed by atoms with van der Waals surface area (Å²) in [6.45, 7) is 6.08. The Labute approximate surface area is 356 Å². The van der Waals surface area contributed by atoms with Crippen molar-refractivity contribution >= 4 is 29.8 Å². The zero-order chi connectivity index (χ0) is 43.3. The maximum absolute atomic E-state index is 14.2. The van der Waals surface area contributed by atoms with Crippen molar-refractivity contribution in [2.24, 2.45) is 5.92 Å². The fourth-order valence-corrected chi connectivity index (χ4v) is 8.29. The molecule has 7 rings (SSSR count). The molecule has 2 heterocycles. The van der Waals surface area contributed by atoms with E-state index in [1.807, 2.05) is 78.9 Å². The molecule has 2 amide bonds. The smallest absolute Gasteiger partial charge is 0.339 e. The summed E-state index contributed by atoms with van der Waals surface area (Å²) in [7, 11) is 0. The molecular weight excluding hydrogens is 781 g/mol. The molecule has 2 aliphatic carbocycles. The van der Waals surface area contributed by atoms with Crippen LogP contribution in [-0.2, 0) is 43.9 Å². The number of amides is 2. The quantitative estimate of drug-likeness (QED) is 0.116. The summed E-state index contributed by atoms with van der Waals surface area (Å²) in [6, 6.07) is 23.7. The third-order valence-corrected chi connectivity index (χ3v) is 11.4. The first-order valence-electron chi connectivity index (χ1n) is 21.2. The van der Waals surface area contributed by atoms with Crippen LogP contribution in [0.2, 0.25) is 0 Å². The Balaban J connectivity index is 1.13. The number of carbonyl (C=O) groups is 4. The molecule has 9 atom stereocenters. The van der Waals surface area contributed by atoms with Crippen molar-refractivity contribution in [2.45, 2.75) is 126 Å². The zero-order valence-electron chi connectivity index (χ0n) is 35.0. The zero-order valence-corrected chi connectivity index (χ0v) is 35.0. The van der Waals surface area contributed by atoms with Crippen LogP contribution in [0.3, 0.4) is 0 Å². The number of hydrogen-bond acceptors (Lipinski definition) is 11. The van der Waals surface area contributed by atoms with Gasteiger partial charge in [-0.3, -0.25) is 14.4 Å². The van der Waals surface area contributed by atoms with E-state index in [9.17, 15) is 29.4 Å². The Morgan fingerprint density at radius 3 is 2.21 bits per heavy atom. The molecule has 2 saturated heterocycles. The van der Waals surface area contributed by atoms with Crippen LogP contribution in [-0.4, -0.2) is 94.9 Å². The number of ether oxygens (including phenoxy) is 5. The fourth-order valence-electron chi connectivity index (χ4n) is 8.29. The van der Waals surface area contributed by atoms with Gasteiger partial charge in [-0.25, -0.2) is 4.79 Å². The molecule has 0 spiro atoms. The lowest BCUT2D eigenvalue weighted by Gasteiger charge is -2.32. The summed E-state index contributed by atoms with van der Waals surface area (Å²) in [5.41, 5.74) is 1.87. The second-order valence-corrected chi connectivity index (χ2v) is 17.3. The first kappa shape index (κ1) is 43.9. The first-order valence-corrected chi connectivity index (χ1v) is 21.2. The molecule has 0 aromatic heterocycles. The molecular formula is C48H56N2O11. The normalized spacial score (nSPS) is 25.5. The Morgan fingerprint density at radius 1 is 0.902 bits per heavy atom. The molecule has 4 aliphatic rings. The highest BCUT2D eigenvalue weighted by Crippen LogP contribution is 2.47. The van der Waals surface area contributed by atoms with E-state index in [4.69, 9.17) is 23.7 Å². The number of rotatable bonds is 15. The summed E-state index contributed by atoms with van der Waals surface area (Å²) in [5.74, 6) is -3.66. The second kappa shape index (κ2) is 18.8. The molecule has 61 heavy (non-hydrogen) atoms. The van der Waals surface area contributed by atoms with Gasteiger partial charge in [0.15, 0.2) is 0 Å². The molecule has 13 heteroatoms. The third kappa shape index (κ3) is 10.7. The number of aliphatic hydroxyl groups is 2. The summed E-state index contributed by atoms with van der Waals surface area (Å²) < 4.78 is 31.1. The highest BCUT2D eigenvalue weighted by atomic mass is 16.8. The lowest BCUT2D eigenvalue weighted by Crippen LogP contribution is -2.55. The maximum Gasteiger partial charge on any atom is 0.339 e. The molecule has 2 aliphatic heterocycles. The van der Waals surface area contributed by atoms with Gasteiger partial charge >= 0.3 is 11.9 Å². The van der Waals surface area contributed by atoms with Crippen molar-refractivity contribution in [3.8, 4) is 0 Å². The van der Waals surface area contributed by atoms with Gasteiger partial charge in [-0.05, 0) is 77.0 Å². The minimum absolute atomic E-state index is 0.0656. The van der Waals surface area contributed by atoms with E-state index in [2.05, 4.69) is 16.7 Å². The predicted octanol–water partition coefficient (Wildman–Crippen LogP) is 5.27. The minimum Gasteiger partial charge on any atom is -0.460 e. The first-order chi connectivity index (χ1) is 29.2. The Hall–Kier alpha value is -5.18. The van der Waals surface area contributed by atoms with Crippen molar-refractivity contribution in [1.29, 1.82) is 0 Å². The van der Waals surface area contributed by atoms with Gasteiger partial charge < -0.3 is 44.5 Å². The number of benzene rings is 3. The van der Waals surface area contributed by atoms with Crippen molar-refractivity contribution in [2.75, 3.05) is 6.61 Å². The largest absolute Gasteiger partial charge is 0.460 e. The summed E-state index contributed by atoms with van der Waals surface area (Å²) in [4.78, 5) is 54.3. The topological polar surface area (TPSA) is 182 Å². The molecule has 324 valence electrons. The molecule has 3 fully saturated rings. The second-order valence-electron chi connectivity index (χ2n) is 17.3. The van der Waals surface area contributed by atoms with Crippen molar-refractivity contribution in [1.82, 2.24) is 10.6 Å². The van der Waals surface area contributed by atoms with E-state index >= 15 is 0 Å². The van der Waals surface area contributed by atoms with Gasteiger partial charge in [-0.15, -0.1) is 0 Å². The number of carbonyl (C=O) groups excluding carboxylic acids is 4. The van der Waals surface area contributed by atoms with Gasteiger partial charge in [0, 0.05) is 29.5 Å². The molecule has 3 aromatic carbocycles. The molecule has 0 bridgehead atoms. The number of fused-ring (bicyclic) bond motifs is 2. The van der Waals surface area contributed by atoms with E-state index in [0.717, 1.165) is 19.3 Å². The van der Waals surface area contributed by atoms with E-state index in [1.165, 1.54) is 6.92 Å². The molecule has 3 unspecified atom stereocenters. The summed E-state index contributed by atoms with van der Waals surface area (Å²) in [6.07, 6.45) is 5.14. The average Bonchev–Trinajstić information content (AvgIpc) is 3.91. The monoisotopic (exact) mass is 836 g/mol. The highest BCUT2D eigenvalue weighted by Gasteiger charge is 2.55. The van der Waals surface area contributed by atoms with Gasteiger partial charge in [-0.2, -0.15) is 0 Å². The van der Waals surface area contributed by atoms with Crippen LogP contribution in [0, 0.1) is 5.92 Å². The standard InChI is InChI=1S/C48H56N2O11/c1-29(52)42(45(55)49-35(28-51)22-24-41(53)60-47(2,3)4)50-44(54)32-26-39(58-46(56)36-18-12-11-13-31(36)21-19-30-20-23-37-38(25-30)57-37)43-40(27-32)59-48(61-43,33-14-7-5-8-15-33)34-16-9-6-10-17-34/h5-19,21,27,29-30,35,37-40,42-43,51-52H,20,22-26,28H2,1-4H3,(H,49,55)(H,50,54)/t29-,30?,35-,37?,38?,39+,40+,42+,43-/m0/s1. The van der Waals surface area contributed by atoms with Crippen molar-refractivity contribution in [3.05, 3.63) is 125 Å². The van der Waals surface area contributed by atoms with Crippen LogP contribution in [0.25, 0.3) is 6.08 Å².